The van der Waals surface area contributed by atoms with E-state index in [2.05, 4.69) is 27.4 Å². The van der Waals surface area contributed by atoms with Crippen LogP contribution < -0.4 is 10.1 Å². The van der Waals surface area contributed by atoms with Crippen LogP contribution in [-0.2, 0) is 0 Å². The molecule has 0 aliphatic heterocycles. The average Bonchev–Trinajstić information content (AvgIpc) is 3.24. The summed E-state index contributed by atoms with van der Waals surface area (Å²) in [6.07, 6.45) is 1.09. The SMILES string of the molecule is CNc1ncccc1-c1noc(C(Oc2ccc(C)c(C)c2)c2cccc(Cl)c2)n1. The summed E-state index contributed by atoms with van der Waals surface area (Å²) in [5, 5.41) is 7.80. The first-order valence-corrected chi connectivity index (χ1v) is 9.89. The molecule has 152 valence electrons. The monoisotopic (exact) mass is 420 g/mol. The Morgan fingerprint density at radius 1 is 1.03 bits per heavy atom. The molecular formula is C23H21ClN4O2. The molecule has 4 rings (SSSR count). The summed E-state index contributed by atoms with van der Waals surface area (Å²) in [5.41, 5.74) is 3.89. The Balaban J connectivity index is 1.74. The van der Waals surface area contributed by atoms with Crippen LogP contribution in [0.4, 0.5) is 5.82 Å². The van der Waals surface area contributed by atoms with Gasteiger partial charge in [0.2, 0.25) is 11.9 Å². The lowest BCUT2D eigenvalue weighted by Gasteiger charge is -2.17. The van der Waals surface area contributed by atoms with Crippen LogP contribution >= 0.6 is 11.6 Å². The van der Waals surface area contributed by atoms with Gasteiger partial charge in [-0.25, -0.2) is 4.98 Å². The first-order valence-electron chi connectivity index (χ1n) is 9.51. The lowest BCUT2D eigenvalue weighted by molar-refractivity contribution is 0.193. The van der Waals surface area contributed by atoms with Gasteiger partial charge in [-0.05, 0) is 61.4 Å². The van der Waals surface area contributed by atoms with Gasteiger partial charge >= 0.3 is 0 Å². The van der Waals surface area contributed by atoms with Gasteiger partial charge in [0.15, 0.2) is 0 Å². The van der Waals surface area contributed by atoms with Crippen LogP contribution in [0.3, 0.4) is 0 Å². The minimum atomic E-state index is -0.609. The first kappa shape index (κ1) is 19.9. The van der Waals surface area contributed by atoms with Gasteiger partial charge in [-0.2, -0.15) is 4.98 Å². The largest absolute Gasteiger partial charge is 0.476 e. The molecule has 0 amide bonds. The smallest absolute Gasteiger partial charge is 0.272 e. The molecule has 1 N–H and O–H groups in total. The summed E-state index contributed by atoms with van der Waals surface area (Å²) >= 11 is 6.23. The van der Waals surface area contributed by atoms with Crippen LogP contribution in [0.5, 0.6) is 5.75 Å². The van der Waals surface area contributed by atoms with Gasteiger partial charge in [0.05, 0.1) is 5.56 Å². The number of nitrogens with one attached hydrogen (secondary N) is 1. The zero-order chi connectivity index (χ0) is 21.1. The first-order chi connectivity index (χ1) is 14.5. The molecule has 0 spiro atoms. The third-order valence-electron chi connectivity index (χ3n) is 4.84. The van der Waals surface area contributed by atoms with E-state index in [4.69, 9.17) is 20.9 Å². The number of halogens is 1. The highest BCUT2D eigenvalue weighted by Gasteiger charge is 2.25. The number of hydrogen-bond acceptors (Lipinski definition) is 6. The molecule has 1 atom stereocenters. The maximum absolute atomic E-state index is 6.30. The highest BCUT2D eigenvalue weighted by molar-refractivity contribution is 6.30. The second-order valence-corrected chi connectivity index (χ2v) is 7.34. The Morgan fingerprint density at radius 3 is 2.67 bits per heavy atom. The predicted molar refractivity (Wildman–Crippen MR) is 117 cm³/mol. The third-order valence-corrected chi connectivity index (χ3v) is 5.07. The van der Waals surface area contributed by atoms with Crippen LogP contribution in [0.15, 0.2) is 65.3 Å². The van der Waals surface area contributed by atoms with E-state index in [-0.39, 0.29) is 0 Å². The fraction of sp³-hybridized carbons (Fsp3) is 0.174. The van der Waals surface area contributed by atoms with Gasteiger partial charge in [-0.1, -0.05) is 35.0 Å². The molecule has 0 saturated heterocycles. The van der Waals surface area contributed by atoms with Crippen molar-refractivity contribution in [3.05, 3.63) is 88.4 Å². The molecule has 7 heteroatoms. The van der Waals surface area contributed by atoms with E-state index in [0.29, 0.717) is 28.3 Å². The number of nitrogens with zero attached hydrogens (tertiary/aromatic N) is 3. The van der Waals surface area contributed by atoms with Crippen molar-refractivity contribution in [2.45, 2.75) is 20.0 Å². The van der Waals surface area contributed by atoms with Crippen molar-refractivity contribution in [2.75, 3.05) is 12.4 Å². The molecular weight excluding hydrogens is 400 g/mol. The highest BCUT2D eigenvalue weighted by atomic mass is 35.5. The van der Waals surface area contributed by atoms with Crippen molar-refractivity contribution >= 4 is 17.4 Å². The van der Waals surface area contributed by atoms with Gasteiger partial charge < -0.3 is 14.6 Å². The predicted octanol–water partition coefficient (Wildman–Crippen LogP) is 5.61. The van der Waals surface area contributed by atoms with E-state index in [0.717, 1.165) is 16.7 Å². The number of anilines is 1. The number of benzene rings is 2. The number of aryl methyl sites for hydroxylation is 2. The van der Waals surface area contributed by atoms with Gasteiger partial charge in [0, 0.05) is 23.8 Å². The van der Waals surface area contributed by atoms with Gasteiger partial charge in [-0.15, -0.1) is 0 Å². The molecule has 2 aromatic heterocycles. The fourth-order valence-electron chi connectivity index (χ4n) is 3.09. The van der Waals surface area contributed by atoms with Crippen molar-refractivity contribution in [3.63, 3.8) is 0 Å². The summed E-state index contributed by atoms with van der Waals surface area (Å²) < 4.78 is 11.9. The van der Waals surface area contributed by atoms with Crippen molar-refractivity contribution in [1.29, 1.82) is 0 Å². The normalized spacial score (nSPS) is 11.9. The summed E-state index contributed by atoms with van der Waals surface area (Å²) in [5.74, 6) is 2.13. The molecule has 6 nitrogen and oxygen atoms in total. The van der Waals surface area contributed by atoms with Crippen LogP contribution in [0.25, 0.3) is 11.4 Å². The molecule has 0 radical (unpaired) electrons. The number of hydrogen-bond donors (Lipinski definition) is 1. The standard InChI is InChI=1S/C23H21ClN4O2/c1-14-9-10-18(12-15(14)2)29-20(16-6-4-7-17(24)13-16)23-27-22(28-30-23)19-8-5-11-26-21(19)25-3/h4-13,20H,1-3H3,(H,25,26). The van der Waals surface area contributed by atoms with Gasteiger partial charge in [0.25, 0.3) is 5.89 Å². The Kier molecular flexibility index (Phi) is 5.68. The van der Waals surface area contributed by atoms with Crippen molar-refractivity contribution in [1.82, 2.24) is 15.1 Å². The fourth-order valence-corrected chi connectivity index (χ4v) is 3.29. The highest BCUT2D eigenvalue weighted by Crippen LogP contribution is 2.32. The van der Waals surface area contributed by atoms with Crippen molar-refractivity contribution in [3.8, 4) is 17.1 Å². The average molecular weight is 421 g/mol. The number of rotatable bonds is 6. The third kappa shape index (κ3) is 4.14. The van der Waals surface area contributed by atoms with E-state index in [1.54, 1.807) is 13.2 Å². The summed E-state index contributed by atoms with van der Waals surface area (Å²) in [7, 11) is 1.80. The Labute approximate surface area is 179 Å². The second-order valence-electron chi connectivity index (χ2n) is 6.90. The maximum atomic E-state index is 6.30. The molecule has 0 aliphatic carbocycles. The molecule has 0 fully saturated rings. The minimum absolute atomic E-state index is 0.330. The van der Waals surface area contributed by atoms with E-state index in [9.17, 15) is 0 Å². The molecule has 0 bridgehead atoms. The molecule has 2 heterocycles. The summed E-state index contributed by atoms with van der Waals surface area (Å²) in [6.45, 7) is 4.11. The van der Waals surface area contributed by atoms with E-state index >= 15 is 0 Å². The zero-order valence-corrected chi connectivity index (χ0v) is 17.6. The van der Waals surface area contributed by atoms with E-state index < -0.39 is 6.10 Å². The quantitative estimate of drug-likeness (QED) is 0.437. The van der Waals surface area contributed by atoms with E-state index in [1.807, 2.05) is 61.5 Å². The maximum Gasteiger partial charge on any atom is 0.272 e. The summed E-state index contributed by atoms with van der Waals surface area (Å²) in [6, 6.07) is 17.1. The molecule has 4 aromatic rings. The molecule has 30 heavy (non-hydrogen) atoms. The molecule has 0 saturated carbocycles. The molecule has 2 aromatic carbocycles. The second kappa shape index (κ2) is 8.55. The van der Waals surface area contributed by atoms with Crippen LogP contribution in [0.1, 0.15) is 28.7 Å². The summed E-state index contributed by atoms with van der Waals surface area (Å²) in [4.78, 5) is 8.91. The Bertz CT molecular complexity index is 1180. The Morgan fingerprint density at radius 2 is 1.90 bits per heavy atom. The van der Waals surface area contributed by atoms with Gasteiger partial charge in [-0.3, -0.25) is 0 Å². The van der Waals surface area contributed by atoms with Crippen molar-refractivity contribution in [2.24, 2.45) is 0 Å². The van der Waals surface area contributed by atoms with Crippen LogP contribution in [0, 0.1) is 13.8 Å². The lowest BCUT2D eigenvalue weighted by Crippen LogP contribution is -2.10. The number of aromatic nitrogens is 3. The lowest BCUT2D eigenvalue weighted by atomic mass is 10.1. The Hall–Kier alpha value is -3.38. The molecule has 1 unspecified atom stereocenters. The van der Waals surface area contributed by atoms with Gasteiger partial charge in [0.1, 0.15) is 11.6 Å². The van der Waals surface area contributed by atoms with Crippen molar-refractivity contribution < 1.29 is 9.26 Å². The minimum Gasteiger partial charge on any atom is -0.476 e. The zero-order valence-electron chi connectivity index (χ0n) is 16.9. The number of pyridine rings is 1. The topological polar surface area (TPSA) is 73.1 Å². The number of ether oxygens (including phenoxy) is 1. The molecule has 0 aliphatic rings. The van der Waals surface area contributed by atoms with Crippen LogP contribution in [-0.4, -0.2) is 22.2 Å². The van der Waals surface area contributed by atoms with Crippen LogP contribution in [0.2, 0.25) is 5.02 Å². The van der Waals surface area contributed by atoms with E-state index in [1.165, 1.54) is 5.56 Å².